The van der Waals surface area contributed by atoms with E-state index in [0.29, 0.717) is 13.1 Å². The molecule has 0 aromatic heterocycles. The molecule has 2 N–H and O–H groups in total. The summed E-state index contributed by atoms with van der Waals surface area (Å²) < 4.78 is 0. The number of nitrogens with zero attached hydrogens (tertiary/aromatic N) is 2. The maximum Gasteiger partial charge on any atom is 0.227 e. The highest BCUT2D eigenvalue weighted by Gasteiger charge is 2.27. The molecule has 0 bridgehead atoms. The van der Waals surface area contributed by atoms with Gasteiger partial charge in [0, 0.05) is 26.2 Å². The first kappa shape index (κ1) is 18.3. The normalized spacial score (nSPS) is 15.0. The van der Waals surface area contributed by atoms with Gasteiger partial charge >= 0.3 is 0 Å². The predicted molar refractivity (Wildman–Crippen MR) is 99.0 cm³/mol. The number of benzene rings is 1. The number of rotatable bonds is 5. The van der Waals surface area contributed by atoms with Gasteiger partial charge < -0.3 is 15.5 Å². The molecule has 5 heteroatoms. The molecule has 0 unspecified atom stereocenters. The lowest BCUT2D eigenvalue weighted by Gasteiger charge is -2.32. The molecule has 0 spiro atoms. The van der Waals surface area contributed by atoms with Crippen molar-refractivity contribution in [3.8, 4) is 0 Å². The third-order valence-corrected chi connectivity index (χ3v) is 4.34. The Morgan fingerprint density at radius 1 is 1.17 bits per heavy atom. The second kappa shape index (κ2) is 8.18. The Bertz CT molecular complexity index is 595. The lowest BCUT2D eigenvalue weighted by atomic mass is 9.92. The molecule has 132 valence electrons. The molecule has 1 aromatic rings. The Morgan fingerprint density at radius 2 is 1.83 bits per heavy atom. The molecule has 24 heavy (non-hydrogen) atoms. The molecule has 2 rings (SSSR count). The number of guanidine groups is 1. The van der Waals surface area contributed by atoms with Crippen molar-refractivity contribution in [1.82, 2.24) is 15.5 Å². The number of nitrogens with one attached hydrogen (secondary N) is 2. The van der Waals surface area contributed by atoms with Crippen LogP contribution in [-0.2, 0) is 17.8 Å². The molecule has 1 heterocycles. The highest BCUT2D eigenvalue weighted by molar-refractivity contribution is 5.84. The van der Waals surface area contributed by atoms with Crippen LogP contribution in [0.4, 0.5) is 0 Å². The SMILES string of the molecule is CCNC(=O)C(C)(C)CN=C(NCC)N1CCc2ccccc2C1. The number of carbonyl (C=O) groups is 1. The van der Waals surface area contributed by atoms with Crippen LogP contribution in [0.15, 0.2) is 29.3 Å². The minimum atomic E-state index is -0.510. The van der Waals surface area contributed by atoms with Gasteiger partial charge in [-0.25, -0.2) is 0 Å². The van der Waals surface area contributed by atoms with Crippen LogP contribution in [0.25, 0.3) is 0 Å². The fourth-order valence-corrected chi connectivity index (χ4v) is 2.85. The fourth-order valence-electron chi connectivity index (χ4n) is 2.85. The van der Waals surface area contributed by atoms with Crippen molar-refractivity contribution in [2.45, 2.75) is 40.7 Å². The summed E-state index contributed by atoms with van der Waals surface area (Å²) in [5, 5.41) is 6.26. The summed E-state index contributed by atoms with van der Waals surface area (Å²) in [7, 11) is 0. The third kappa shape index (κ3) is 4.49. The van der Waals surface area contributed by atoms with Crippen LogP contribution >= 0.6 is 0 Å². The summed E-state index contributed by atoms with van der Waals surface area (Å²) in [6.45, 7) is 11.6. The second-order valence-electron chi connectivity index (χ2n) is 6.85. The standard InChI is InChI=1S/C19H30N4O/c1-5-20-17(24)19(3,4)14-22-18(21-6-2)23-12-11-15-9-7-8-10-16(15)13-23/h7-10H,5-6,11-14H2,1-4H3,(H,20,24)(H,21,22). The Hall–Kier alpha value is -2.04. The number of hydrogen-bond donors (Lipinski definition) is 2. The minimum Gasteiger partial charge on any atom is -0.357 e. The van der Waals surface area contributed by atoms with Gasteiger partial charge in [0.1, 0.15) is 0 Å². The van der Waals surface area contributed by atoms with E-state index in [1.165, 1.54) is 11.1 Å². The van der Waals surface area contributed by atoms with Crippen molar-refractivity contribution in [3.05, 3.63) is 35.4 Å². The van der Waals surface area contributed by atoms with Crippen molar-refractivity contribution >= 4 is 11.9 Å². The molecule has 1 aromatic carbocycles. The smallest absolute Gasteiger partial charge is 0.227 e. The summed E-state index contributed by atoms with van der Waals surface area (Å²) in [6.07, 6.45) is 1.03. The minimum absolute atomic E-state index is 0.0496. The molecule has 0 aliphatic carbocycles. The van der Waals surface area contributed by atoms with E-state index in [-0.39, 0.29) is 5.91 Å². The predicted octanol–water partition coefficient (Wildman–Crippen LogP) is 2.17. The van der Waals surface area contributed by atoms with E-state index in [1.807, 2.05) is 20.8 Å². The summed E-state index contributed by atoms with van der Waals surface area (Å²) in [6, 6.07) is 8.58. The van der Waals surface area contributed by atoms with Gasteiger partial charge in [0.25, 0.3) is 0 Å². The van der Waals surface area contributed by atoms with E-state index < -0.39 is 5.41 Å². The number of amides is 1. The van der Waals surface area contributed by atoms with E-state index in [2.05, 4.69) is 46.7 Å². The number of carbonyl (C=O) groups excluding carboxylic acids is 1. The lowest BCUT2D eigenvalue weighted by Crippen LogP contribution is -2.45. The van der Waals surface area contributed by atoms with Crippen LogP contribution in [0.3, 0.4) is 0 Å². The van der Waals surface area contributed by atoms with E-state index in [4.69, 9.17) is 4.99 Å². The van der Waals surface area contributed by atoms with Crippen molar-refractivity contribution in [1.29, 1.82) is 0 Å². The molecule has 5 nitrogen and oxygen atoms in total. The molecule has 1 amide bonds. The average Bonchev–Trinajstić information content (AvgIpc) is 2.58. The Morgan fingerprint density at radius 3 is 2.50 bits per heavy atom. The highest BCUT2D eigenvalue weighted by Crippen LogP contribution is 2.20. The Labute approximate surface area is 145 Å². The molecule has 0 saturated heterocycles. The monoisotopic (exact) mass is 330 g/mol. The van der Waals surface area contributed by atoms with Gasteiger partial charge in [-0.05, 0) is 45.2 Å². The van der Waals surface area contributed by atoms with E-state index >= 15 is 0 Å². The number of hydrogen-bond acceptors (Lipinski definition) is 2. The van der Waals surface area contributed by atoms with E-state index in [1.54, 1.807) is 0 Å². The summed E-state index contributed by atoms with van der Waals surface area (Å²) in [5.41, 5.74) is 2.27. The largest absolute Gasteiger partial charge is 0.357 e. The quantitative estimate of drug-likeness (QED) is 0.643. The van der Waals surface area contributed by atoms with Crippen LogP contribution in [0.1, 0.15) is 38.8 Å². The molecule has 0 saturated carbocycles. The molecular formula is C19H30N4O. The zero-order valence-electron chi connectivity index (χ0n) is 15.4. The molecule has 0 atom stereocenters. The van der Waals surface area contributed by atoms with Gasteiger partial charge in [-0.1, -0.05) is 24.3 Å². The topological polar surface area (TPSA) is 56.7 Å². The maximum absolute atomic E-state index is 12.2. The van der Waals surface area contributed by atoms with Gasteiger partial charge in [-0.15, -0.1) is 0 Å². The van der Waals surface area contributed by atoms with E-state index in [0.717, 1.165) is 32.0 Å². The van der Waals surface area contributed by atoms with Crippen LogP contribution < -0.4 is 10.6 Å². The Balaban J connectivity index is 2.10. The number of aliphatic imine (C=N–C) groups is 1. The van der Waals surface area contributed by atoms with Crippen molar-refractivity contribution in [2.24, 2.45) is 10.4 Å². The first-order chi connectivity index (χ1) is 11.5. The second-order valence-corrected chi connectivity index (χ2v) is 6.85. The molecular weight excluding hydrogens is 300 g/mol. The van der Waals surface area contributed by atoms with Gasteiger partial charge in [-0.2, -0.15) is 0 Å². The number of fused-ring (bicyclic) bond motifs is 1. The van der Waals surface area contributed by atoms with Crippen molar-refractivity contribution in [3.63, 3.8) is 0 Å². The fraction of sp³-hybridized carbons (Fsp3) is 0.579. The van der Waals surface area contributed by atoms with Crippen LogP contribution in [-0.4, -0.2) is 42.9 Å². The van der Waals surface area contributed by atoms with Gasteiger partial charge in [-0.3, -0.25) is 9.79 Å². The van der Waals surface area contributed by atoms with Crippen molar-refractivity contribution in [2.75, 3.05) is 26.2 Å². The lowest BCUT2D eigenvalue weighted by molar-refractivity contribution is -0.128. The molecule has 0 radical (unpaired) electrons. The van der Waals surface area contributed by atoms with Gasteiger partial charge in [0.05, 0.1) is 12.0 Å². The van der Waals surface area contributed by atoms with Gasteiger partial charge in [0.2, 0.25) is 5.91 Å². The average molecular weight is 330 g/mol. The van der Waals surface area contributed by atoms with Crippen LogP contribution in [0.5, 0.6) is 0 Å². The molecule has 1 aliphatic heterocycles. The molecule has 1 aliphatic rings. The van der Waals surface area contributed by atoms with Crippen LogP contribution in [0, 0.1) is 5.41 Å². The van der Waals surface area contributed by atoms with Crippen molar-refractivity contribution < 1.29 is 4.79 Å². The van der Waals surface area contributed by atoms with E-state index in [9.17, 15) is 4.79 Å². The highest BCUT2D eigenvalue weighted by atomic mass is 16.2. The zero-order valence-corrected chi connectivity index (χ0v) is 15.4. The zero-order chi connectivity index (χ0) is 17.6. The Kier molecular flexibility index (Phi) is 6.23. The first-order valence-electron chi connectivity index (χ1n) is 8.86. The molecule has 0 fully saturated rings. The van der Waals surface area contributed by atoms with Gasteiger partial charge in [0.15, 0.2) is 5.96 Å². The maximum atomic E-state index is 12.2. The summed E-state index contributed by atoms with van der Waals surface area (Å²) >= 11 is 0. The summed E-state index contributed by atoms with van der Waals surface area (Å²) in [4.78, 5) is 19.2. The first-order valence-corrected chi connectivity index (χ1v) is 8.86. The third-order valence-electron chi connectivity index (χ3n) is 4.34. The van der Waals surface area contributed by atoms with Crippen LogP contribution in [0.2, 0.25) is 0 Å². The summed E-state index contributed by atoms with van der Waals surface area (Å²) in [5.74, 6) is 0.943.